The molecule has 2 aromatic carbocycles. The molecule has 0 spiro atoms. The zero-order valence-electron chi connectivity index (χ0n) is 17.5. The largest absolute Gasteiger partial charge is 0.449 e. The summed E-state index contributed by atoms with van der Waals surface area (Å²) in [6.07, 6.45) is 0.439. The maximum absolute atomic E-state index is 12.5. The van der Waals surface area contributed by atoms with Crippen LogP contribution in [0.2, 0.25) is 0 Å². The third-order valence-electron chi connectivity index (χ3n) is 5.12. The summed E-state index contributed by atoms with van der Waals surface area (Å²) in [5, 5.41) is 2.78. The molecule has 0 fully saturated rings. The molecule has 1 aliphatic rings. The van der Waals surface area contributed by atoms with Gasteiger partial charge in [-0.2, -0.15) is 0 Å². The lowest BCUT2D eigenvalue weighted by molar-refractivity contribution is -0.129. The Morgan fingerprint density at radius 3 is 2.42 bits per heavy atom. The predicted molar refractivity (Wildman–Crippen MR) is 115 cm³/mol. The molecule has 160 valence electrons. The number of nitrogens with one attached hydrogen (secondary N) is 1. The lowest BCUT2D eigenvalue weighted by Gasteiger charge is -2.17. The molecular formula is C24H24N2O5. The van der Waals surface area contributed by atoms with Gasteiger partial charge in [-0.25, -0.2) is 4.79 Å². The van der Waals surface area contributed by atoms with E-state index in [1.807, 2.05) is 37.3 Å². The molecule has 0 aliphatic carbocycles. The van der Waals surface area contributed by atoms with Crippen molar-refractivity contribution < 1.29 is 23.9 Å². The van der Waals surface area contributed by atoms with Gasteiger partial charge in [0.05, 0.1) is 16.7 Å². The molecule has 0 saturated heterocycles. The van der Waals surface area contributed by atoms with Gasteiger partial charge >= 0.3 is 5.97 Å². The highest BCUT2D eigenvalue weighted by Gasteiger charge is 2.35. The molecule has 1 aliphatic heterocycles. The van der Waals surface area contributed by atoms with Gasteiger partial charge in [0.25, 0.3) is 17.7 Å². The third kappa shape index (κ3) is 4.71. The van der Waals surface area contributed by atoms with Crippen LogP contribution in [0.1, 0.15) is 56.4 Å². The van der Waals surface area contributed by atoms with E-state index in [0.29, 0.717) is 6.54 Å². The summed E-state index contributed by atoms with van der Waals surface area (Å²) in [5.41, 5.74) is 1.55. The second-order valence-corrected chi connectivity index (χ2v) is 7.37. The molecule has 7 nitrogen and oxygen atoms in total. The Morgan fingerprint density at radius 1 is 1.06 bits per heavy atom. The molecule has 2 aromatic rings. The first-order chi connectivity index (χ1) is 14.8. The van der Waals surface area contributed by atoms with E-state index in [4.69, 9.17) is 4.74 Å². The van der Waals surface area contributed by atoms with Gasteiger partial charge in [0.1, 0.15) is 0 Å². The van der Waals surface area contributed by atoms with E-state index in [9.17, 15) is 19.2 Å². The SMILES string of the molecule is C=CCN1C(=O)c2ccc(C(=O)O[C@H](C)C(=O)NC[C@@H](C)c3ccccc3)cc2C1=O. The number of carbonyl (C=O) groups is 4. The first-order valence-corrected chi connectivity index (χ1v) is 9.98. The van der Waals surface area contributed by atoms with Crippen molar-refractivity contribution in [3.05, 3.63) is 83.4 Å². The van der Waals surface area contributed by atoms with Crippen molar-refractivity contribution in [3.63, 3.8) is 0 Å². The van der Waals surface area contributed by atoms with E-state index >= 15 is 0 Å². The van der Waals surface area contributed by atoms with Gasteiger partial charge in [-0.05, 0) is 36.6 Å². The monoisotopic (exact) mass is 420 g/mol. The molecule has 3 amide bonds. The highest BCUT2D eigenvalue weighted by Crippen LogP contribution is 2.24. The Labute approximate surface area is 180 Å². The van der Waals surface area contributed by atoms with Crippen molar-refractivity contribution in [2.75, 3.05) is 13.1 Å². The zero-order chi connectivity index (χ0) is 22.5. The number of benzene rings is 2. The summed E-state index contributed by atoms with van der Waals surface area (Å²) in [4.78, 5) is 50.6. The summed E-state index contributed by atoms with van der Waals surface area (Å²) < 4.78 is 5.26. The first kappa shape index (κ1) is 22.0. The Morgan fingerprint density at radius 2 is 1.74 bits per heavy atom. The molecule has 1 heterocycles. The van der Waals surface area contributed by atoms with Gasteiger partial charge < -0.3 is 10.1 Å². The van der Waals surface area contributed by atoms with Crippen LogP contribution in [0.15, 0.2) is 61.2 Å². The van der Waals surface area contributed by atoms with Crippen LogP contribution in [-0.4, -0.2) is 47.8 Å². The van der Waals surface area contributed by atoms with Gasteiger partial charge in [0.2, 0.25) is 0 Å². The van der Waals surface area contributed by atoms with Crippen molar-refractivity contribution in [1.29, 1.82) is 0 Å². The molecule has 1 N–H and O–H groups in total. The van der Waals surface area contributed by atoms with Crippen molar-refractivity contribution in [2.24, 2.45) is 0 Å². The van der Waals surface area contributed by atoms with Crippen LogP contribution < -0.4 is 5.32 Å². The van der Waals surface area contributed by atoms with E-state index in [1.165, 1.54) is 31.2 Å². The topological polar surface area (TPSA) is 92.8 Å². The molecule has 3 rings (SSSR count). The molecule has 31 heavy (non-hydrogen) atoms. The predicted octanol–water partition coefficient (Wildman–Crippen LogP) is 2.93. The van der Waals surface area contributed by atoms with Crippen LogP contribution in [0.25, 0.3) is 0 Å². The summed E-state index contributed by atoms with van der Waals surface area (Å²) >= 11 is 0. The van der Waals surface area contributed by atoms with Crippen LogP contribution >= 0.6 is 0 Å². The lowest BCUT2D eigenvalue weighted by atomic mass is 10.0. The summed E-state index contributed by atoms with van der Waals surface area (Å²) in [5.74, 6) is -1.98. The summed E-state index contributed by atoms with van der Waals surface area (Å²) in [6.45, 7) is 7.50. The maximum atomic E-state index is 12.5. The van der Waals surface area contributed by atoms with Gasteiger partial charge in [-0.3, -0.25) is 19.3 Å². The number of hydrogen-bond acceptors (Lipinski definition) is 5. The second-order valence-electron chi connectivity index (χ2n) is 7.37. The number of amides is 3. The van der Waals surface area contributed by atoms with E-state index in [0.717, 1.165) is 10.5 Å². The fourth-order valence-corrected chi connectivity index (χ4v) is 3.29. The molecule has 0 unspecified atom stereocenters. The fourth-order valence-electron chi connectivity index (χ4n) is 3.29. The molecular weight excluding hydrogens is 396 g/mol. The molecule has 0 radical (unpaired) electrons. The minimum Gasteiger partial charge on any atom is -0.449 e. The number of esters is 1. The third-order valence-corrected chi connectivity index (χ3v) is 5.12. The quantitative estimate of drug-likeness (QED) is 0.403. The van der Waals surface area contributed by atoms with Crippen molar-refractivity contribution in [2.45, 2.75) is 25.9 Å². The number of ether oxygens (including phenoxy) is 1. The average Bonchev–Trinajstić information content (AvgIpc) is 3.02. The normalized spacial score (nSPS) is 14.6. The van der Waals surface area contributed by atoms with Crippen LogP contribution in [0, 0.1) is 0 Å². The van der Waals surface area contributed by atoms with E-state index in [2.05, 4.69) is 11.9 Å². The fraction of sp³-hybridized carbons (Fsp3) is 0.250. The summed E-state index contributed by atoms with van der Waals surface area (Å²) in [6, 6.07) is 13.9. The van der Waals surface area contributed by atoms with Crippen molar-refractivity contribution in [1.82, 2.24) is 10.2 Å². The summed E-state index contributed by atoms with van der Waals surface area (Å²) in [7, 11) is 0. The van der Waals surface area contributed by atoms with Crippen LogP contribution in [0.3, 0.4) is 0 Å². The first-order valence-electron chi connectivity index (χ1n) is 9.98. The minimum atomic E-state index is -1.02. The number of nitrogens with zero attached hydrogens (tertiary/aromatic N) is 1. The Bertz CT molecular complexity index is 1030. The number of rotatable bonds is 8. The molecule has 7 heteroatoms. The highest BCUT2D eigenvalue weighted by molar-refractivity contribution is 6.22. The molecule has 2 atom stereocenters. The standard InChI is InChI=1S/C24H24N2O5/c1-4-12-26-22(28)19-11-10-18(13-20(19)23(26)29)24(30)31-16(3)21(27)25-14-15(2)17-8-6-5-7-9-17/h4-11,13,15-16H,1,12,14H2,2-3H3,(H,25,27)/t15-,16-/m1/s1. The molecule has 0 aromatic heterocycles. The van der Waals surface area contributed by atoms with Crippen molar-refractivity contribution in [3.8, 4) is 0 Å². The second kappa shape index (κ2) is 9.38. The van der Waals surface area contributed by atoms with Gasteiger partial charge in [0.15, 0.2) is 6.10 Å². The van der Waals surface area contributed by atoms with Crippen LogP contribution in [0.5, 0.6) is 0 Å². The maximum Gasteiger partial charge on any atom is 0.338 e. The van der Waals surface area contributed by atoms with Gasteiger partial charge in [-0.15, -0.1) is 6.58 Å². The van der Waals surface area contributed by atoms with Crippen LogP contribution in [0.4, 0.5) is 0 Å². The Hall–Kier alpha value is -3.74. The number of imide groups is 1. The number of hydrogen-bond donors (Lipinski definition) is 1. The van der Waals surface area contributed by atoms with Crippen molar-refractivity contribution >= 4 is 23.7 Å². The van der Waals surface area contributed by atoms with E-state index in [1.54, 1.807) is 0 Å². The number of fused-ring (bicyclic) bond motifs is 1. The number of carbonyl (C=O) groups excluding carboxylic acids is 4. The lowest BCUT2D eigenvalue weighted by Crippen LogP contribution is -2.37. The van der Waals surface area contributed by atoms with E-state index in [-0.39, 0.29) is 29.2 Å². The minimum absolute atomic E-state index is 0.0880. The Kier molecular flexibility index (Phi) is 6.65. The highest BCUT2D eigenvalue weighted by atomic mass is 16.5. The van der Waals surface area contributed by atoms with Gasteiger partial charge in [-0.1, -0.05) is 43.3 Å². The zero-order valence-corrected chi connectivity index (χ0v) is 17.5. The smallest absolute Gasteiger partial charge is 0.338 e. The average molecular weight is 420 g/mol. The van der Waals surface area contributed by atoms with Gasteiger partial charge in [0, 0.05) is 13.1 Å². The molecule has 0 bridgehead atoms. The van der Waals surface area contributed by atoms with E-state index < -0.39 is 29.8 Å². The Balaban J connectivity index is 1.60. The molecule has 0 saturated carbocycles. The van der Waals surface area contributed by atoms with Crippen LogP contribution in [-0.2, 0) is 9.53 Å².